The van der Waals surface area contributed by atoms with Crippen LogP contribution in [0, 0.1) is 15.9 Å². The normalized spacial score (nSPS) is 15.1. The van der Waals surface area contributed by atoms with Crippen molar-refractivity contribution in [3.63, 3.8) is 0 Å². The molecule has 6 nitrogen and oxygen atoms in total. The van der Waals surface area contributed by atoms with Crippen LogP contribution in [0.15, 0.2) is 12.1 Å². The van der Waals surface area contributed by atoms with Crippen LogP contribution in [0.4, 0.5) is 15.8 Å². The van der Waals surface area contributed by atoms with E-state index in [4.69, 9.17) is 0 Å². The zero-order valence-electron chi connectivity index (χ0n) is 11.1. The van der Waals surface area contributed by atoms with Crippen LogP contribution >= 0.6 is 0 Å². The van der Waals surface area contributed by atoms with Crippen LogP contribution in [0.2, 0.25) is 0 Å². The molecule has 0 aliphatic heterocycles. The summed E-state index contributed by atoms with van der Waals surface area (Å²) >= 11 is 0. The van der Waals surface area contributed by atoms with Crippen LogP contribution in [0.1, 0.15) is 36.0 Å². The summed E-state index contributed by atoms with van der Waals surface area (Å²) in [5.41, 5.74) is -0.572. The van der Waals surface area contributed by atoms with E-state index in [1.807, 2.05) is 0 Å². The standard InChI is InChI=1S/C13H16FN3O3/c1-15-11-6-9(12(17(19)20)7-10(11)14)13(18)16-8-4-2-3-5-8/h6-8,15H,2-5H2,1H3,(H,16,18). The van der Waals surface area contributed by atoms with Crippen molar-refractivity contribution < 1.29 is 14.1 Å². The SMILES string of the molecule is CNc1cc(C(=O)NC2CCCC2)c([N+](=O)[O-])cc1F. The summed E-state index contributed by atoms with van der Waals surface area (Å²) in [6, 6.07) is 2.00. The topological polar surface area (TPSA) is 84.3 Å². The molecule has 1 amide bonds. The molecule has 0 atom stereocenters. The van der Waals surface area contributed by atoms with Crippen LogP contribution in [0.3, 0.4) is 0 Å². The molecule has 1 aromatic carbocycles. The first-order chi connectivity index (χ1) is 9.52. The van der Waals surface area contributed by atoms with E-state index in [1.165, 1.54) is 13.1 Å². The third kappa shape index (κ3) is 2.87. The molecule has 1 aromatic rings. The van der Waals surface area contributed by atoms with Gasteiger partial charge in [-0.1, -0.05) is 12.8 Å². The maximum absolute atomic E-state index is 13.6. The van der Waals surface area contributed by atoms with E-state index in [1.54, 1.807) is 0 Å². The number of benzene rings is 1. The molecule has 1 aliphatic rings. The third-order valence-corrected chi connectivity index (χ3v) is 3.49. The summed E-state index contributed by atoms with van der Waals surface area (Å²) in [4.78, 5) is 22.3. The molecule has 0 spiro atoms. The zero-order valence-corrected chi connectivity index (χ0v) is 11.1. The second-order valence-corrected chi connectivity index (χ2v) is 4.81. The molecular formula is C13H16FN3O3. The zero-order chi connectivity index (χ0) is 14.7. The molecule has 0 heterocycles. The Kier molecular flexibility index (Phi) is 4.16. The number of carbonyl (C=O) groups is 1. The fourth-order valence-electron chi connectivity index (χ4n) is 2.42. The highest BCUT2D eigenvalue weighted by atomic mass is 19.1. The van der Waals surface area contributed by atoms with Gasteiger partial charge < -0.3 is 10.6 Å². The Labute approximate surface area is 115 Å². The van der Waals surface area contributed by atoms with E-state index in [9.17, 15) is 19.3 Å². The maximum atomic E-state index is 13.6. The predicted octanol–water partition coefficient (Wildman–Crippen LogP) is 2.45. The van der Waals surface area contributed by atoms with Gasteiger partial charge in [-0.2, -0.15) is 0 Å². The molecule has 108 valence electrons. The highest BCUT2D eigenvalue weighted by Crippen LogP contribution is 2.27. The molecule has 0 bridgehead atoms. The van der Waals surface area contributed by atoms with Crippen molar-refractivity contribution in [2.45, 2.75) is 31.7 Å². The number of nitrogens with zero attached hydrogens (tertiary/aromatic N) is 1. The van der Waals surface area contributed by atoms with Crippen LogP contribution in [0.25, 0.3) is 0 Å². The largest absolute Gasteiger partial charge is 0.386 e. The Bertz CT molecular complexity index is 542. The van der Waals surface area contributed by atoms with Gasteiger partial charge in [0.2, 0.25) is 0 Å². The minimum atomic E-state index is -0.753. The van der Waals surface area contributed by atoms with Crippen molar-refractivity contribution in [3.8, 4) is 0 Å². The van der Waals surface area contributed by atoms with Crippen LogP contribution in [0.5, 0.6) is 0 Å². The number of nitro benzene ring substituents is 1. The predicted molar refractivity (Wildman–Crippen MR) is 72.3 cm³/mol. The first-order valence-corrected chi connectivity index (χ1v) is 6.49. The van der Waals surface area contributed by atoms with Crippen LogP contribution in [-0.4, -0.2) is 23.9 Å². The number of carbonyl (C=O) groups excluding carboxylic acids is 1. The van der Waals surface area contributed by atoms with E-state index >= 15 is 0 Å². The molecule has 2 rings (SSSR count). The lowest BCUT2D eigenvalue weighted by Gasteiger charge is -2.13. The van der Waals surface area contributed by atoms with Gasteiger partial charge in [0.25, 0.3) is 11.6 Å². The van der Waals surface area contributed by atoms with E-state index in [2.05, 4.69) is 10.6 Å². The van der Waals surface area contributed by atoms with E-state index < -0.39 is 22.3 Å². The van der Waals surface area contributed by atoms with Gasteiger partial charge in [-0.25, -0.2) is 4.39 Å². The highest BCUT2D eigenvalue weighted by Gasteiger charge is 2.26. The van der Waals surface area contributed by atoms with E-state index in [-0.39, 0.29) is 17.3 Å². The maximum Gasteiger partial charge on any atom is 0.285 e. The minimum Gasteiger partial charge on any atom is -0.386 e. The summed E-state index contributed by atoms with van der Waals surface area (Å²) in [5, 5.41) is 16.3. The number of nitrogens with one attached hydrogen (secondary N) is 2. The van der Waals surface area contributed by atoms with Gasteiger partial charge >= 0.3 is 0 Å². The minimum absolute atomic E-state index is 0.0465. The fraction of sp³-hybridized carbons (Fsp3) is 0.462. The van der Waals surface area contributed by atoms with Crippen LogP contribution in [-0.2, 0) is 0 Å². The number of hydrogen-bond donors (Lipinski definition) is 2. The van der Waals surface area contributed by atoms with Crippen molar-refractivity contribution in [1.82, 2.24) is 5.32 Å². The van der Waals surface area contributed by atoms with Gasteiger partial charge in [0.1, 0.15) is 5.56 Å². The number of hydrogen-bond acceptors (Lipinski definition) is 4. The van der Waals surface area contributed by atoms with E-state index in [0.29, 0.717) is 0 Å². The van der Waals surface area contributed by atoms with Crippen molar-refractivity contribution >= 4 is 17.3 Å². The molecule has 1 saturated carbocycles. The summed E-state index contributed by atoms with van der Waals surface area (Å²) in [5.74, 6) is -1.28. The second-order valence-electron chi connectivity index (χ2n) is 4.81. The molecule has 0 aromatic heterocycles. The lowest BCUT2D eigenvalue weighted by atomic mass is 10.1. The number of nitro groups is 1. The Hall–Kier alpha value is -2.18. The second kappa shape index (κ2) is 5.85. The molecule has 2 N–H and O–H groups in total. The fourth-order valence-corrected chi connectivity index (χ4v) is 2.42. The molecule has 20 heavy (non-hydrogen) atoms. The van der Waals surface area contributed by atoms with Crippen molar-refractivity contribution in [1.29, 1.82) is 0 Å². The first-order valence-electron chi connectivity index (χ1n) is 6.49. The summed E-state index contributed by atoms with van der Waals surface area (Å²) in [6.07, 6.45) is 3.83. The first kappa shape index (κ1) is 14.2. The monoisotopic (exact) mass is 281 g/mol. The average Bonchev–Trinajstić information content (AvgIpc) is 2.90. The molecule has 7 heteroatoms. The Morgan fingerprint density at radius 3 is 2.60 bits per heavy atom. The van der Waals surface area contributed by atoms with Gasteiger partial charge in [0.05, 0.1) is 16.7 Å². The van der Waals surface area contributed by atoms with Gasteiger partial charge in [-0.15, -0.1) is 0 Å². The van der Waals surface area contributed by atoms with Gasteiger partial charge in [-0.05, 0) is 18.9 Å². The number of halogens is 1. The van der Waals surface area contributed by atoms with Crippen molar-refractivity contribution in [2.75, 3.05) is 12.4 Å². The van der Waals surface area contributed by atoms with Crippen LogP contribution < -0.4 is 10.6 Å². The lowest BCUT2D eigenvalue weighted by molar-refractivity contribution is -0.385. The van der Waals surface area contributed by atoms with Gasteiger partial charge in [0.15, 0.2) is 5.82 Å². The Morgan fingerprint density at radius 2 is 2.05 bits per heavy atom. The third-order valence-electron chi connectivity index (χ3n) is 3.49. The summed E-state index contributed by atoms with van der Waals surface area (Å²) in [7, 11) is 1.49. The molecule has 1 fully saturated rings. The van der Waals surface area contributed by atoms with Gasteiger partial charge in [0, 0.05) is 13.1 Å². The number of anilines is 1. The summed E-state index contributed by atoms with van der Waals surface area (Å²) in [6.45, 7) is 0. The van der Waals surface area contributed by atoms with Crippen molar-refractivity contribution in [3.05, 3.63) is 33.6 Å². The van der Waals surface area contributed by atoms with Gasteiger partial charge in [-0.3, -0.25) is 14.9 Å². The molecule has 1 aliphatic carbocycles. The Morgan fingerprint density at radius 1 is 1.40 bits per heavy atom. The number of rotatable bonds is 4. The quantitative estimate of drug-likeness (QED) is 0.655. The highest BCUT2D eigenvalue weighted by molar-refractivity contribution is 5.99. The lowest BCUT2D eigenvalue weighted by Crippen LogP contribution is -2.33. The smallest absolute Gasteiger partial charge is 0.285 e. The average molecular weight is 281 g/mol. The molecule has 0 radical (unpaired) electrons. The molecule has 0 saturated heterocycles. The Balaban J connectivity index is 2.32. The molecular weight excluding hydrogens is 265 g/mol. The summed E-state index contributed by atoms with van der Waals surface area (Å²) < 4.78 is 13.6. The van der Waals surface area contributed by atoms with E-state index in [0.717, 1.165) is 31.7 Å². The van der Waals surface area contributed by atoms with Crippen molar-refractivity contribution in [2.24, 2.45) is 0 Å². The number of amides is 1. The molecule has 0 unspecified atom stereocenters.